The molecule has 0 radical (unpaired) electrons. The third-order valence-electron chi connectivity index (χ3n) is 3.61. The Bertz CT molecular complexity index is 1020. The minimum absolute atomic E-state index is 0.0617. The molecule has 0 aliphatic rings. The van der Waals surface area contributed by atoms with Crippen LogP contribution in [0.1, 0.15) is 5.89 Å². The van der Waals surface area contributed by atoms with Gasteiger partial charge in [-0.25, -0.2) is 8.42 Å². The number of aromatic nitrogens is 2. The van der Waals surface area contributed by atoms with E-state index in [0.717, 1.165) is 22.0 Å². The summed E-state index contributed by atoms with van der Waals surface area (Å²) in [6.07, 6.45) is 0. The van der Waals surface area contributed by atoms with Crippen LogP contribution in [0.5, 0.6) is 0 Å². The van der Waals surface area contributed by atoms with Crippen molar-refractivity contribution in [2.24, 2.45) is 0 Å². The minimum atomic E-state index is -3.85. The highest BCUT2D eigenvalue weighted by molar-refractivity contribution is 7.89. The van der Waals surface area contributed by atoms with Crippen molar-refractivity contribution in [2.75, 3.05) is 7.05 Å². The van der Waals surface area contributed by atoms with Crippen molar-refractivity contribution in [1.29, 1.82) is 0 Å². The van der Waals surface area contributed by atoms with Crippen molar-refractivity contribution in [1.82, 2.24) is 14.4 Å². The second kappa shape index (κ2) is 7.02. The van der Waals surface area contributed by atoms with Gasteiger partial charge in [0.1, 0.15) is 0 Å². The lowest BCUT2D eigenvalue weighted by molar-refractivity contribution is -0.384. The molecule has 0 unspecified atom stereocenters. The van der Waals surface area contributed by atoms with Gasteiger partial charge in [0.05, 0.1) is 16.4 Å². The topological polar surface area (TPSA) is 119 Å². The Morgan fingerprint density at radius 3 is 2.38 bits per heavy atom. The molecule has 0 atom stereocenters. The Hall–Kier alpha value is -3.11. The summed E-state index contributed by atoms with van der Waals surface area (Å²) in [5, 5.41) is 14.5. The number of nitro benzene ring substituents is 1. The molecule has 9 nitrogen and oxygen atoms in total. The van der Waals surface area contributed by atoms with Crippen LogP contribution in [-0.4, -0.2) is 34.8 Å². The van der Waals surface area contributed by atoms with Crippen LogP contribution in [0.15, 0.2) is 64.0 Å². The van der Waals surface area contributed by atoms with E-state index in [1.807, 2.05) is 30.3 Å². The summed E-state index contributed by atoms with van der Waals surface area (Å²) in [4.78, 5) is 14.2. The summed E-state index contributed by atoms with van der Waals surface area (Å²) in [7, 11) is -2.49. The van der Waals surface area contributed by atoms with Gasteiger partial charge in [-0.3, -0.25) is 10.1 Å². The first-order chi connectivity index (χ1) is 12.4. The van der Waals surface area contributed by atoms with Gasteiger partial charge in [-0.05, 0) is 12.1 Å². The first kappa shape index (κ1) is 17.7. The number of nitrogens with zero attached hydrogens (tertiary/aromatic N) is 4. The lowest BCUT2D eigenvalue weighted by Gasteiger charge is -2.14. The van der Waals surface area contributed by atoms with Crippen molar-refractivity contribution in [3.05, 3.63) is 70.6 Å². The summed E-state index contributed by atoms with van der Waals surface area (Å²) in [6.45, 7) is -0.126. The van der Waals surface area contributed by atoms with Crippen molar-refractivity contribution in [3.63, 3.8) is 0 Å². The molecule has 2 aromatic carbocycles. The Balaban J connectivity index is 1.77. The van der Waals surface area contributed by atoms with Crippen LogP contribution >= 0.6 is 0 Å². The van der Waals surface area contributed by atoms with Gasteiger partial charge >= 0.3 is 0 Å². The molecule has 3 rings (SSSR count). The Kier molecular flexibility index (Phi) is 4.78. The second-order valence-corrected chi connectivity index (χ2v) is 7.43. The molecule has 3 aromatic rings. The van der Waals surface area contributed by atoms with E-state index in [0.29, 0.717) is 5.82 Å². The molecule has 26 heavy (non-hydrogen) atoms. The van der Waals surface area contributed by atoms with Crippen molar-refractivity contribution >= 4 is 15.7 Å². The third kappa shape index (κ3) is 3.60. The molecule has 1 heterocycles. The first-order valence-corrected chi connectivity index (χ1v) is 8.91. The number of hydrogen-bond acceptors (Lipinski definition) is 7. The van der Waals surface area contributed by atoms with Gasteiger partial charge in [0.25, 0.3) is 5.69 Å². The van der Waals surface area contributed by atoms with E-state index < -0.39 is 14.9 Å². The fourth-order valence-corrected chi connectivity index (χ4v) is 3.34. The molecule has 0 saturated carbocycles. The zero-order valence-corrected chi connectivity index (χ0v) is 14.5. The lowest BCUT2D eigenvalue weighted by Crippen LogP contribution is -2.26. The number of benzene rings is 2. The number of nitro groups is 1. The van der Waals surface area contributed by atoms with Gasteiger partial charge in [-0.1, -0.05) is 35.5 Å². The zero-order valence-electron chi connectivity index (χ0n) is 13.6. The summed E-state index contributed by atoms with van der Waals surface area (Å²) in [5.74, 6) is 0.499. The predicted octanol–water partition coefficient (Wildman–Crippen LogP) is 2.47. The monoisotopic (exact) mass is 374 g/mol. The Labute approximate surface area is 149 Å². The average molecular weight is 374 g/mol. The lowest BCUT2D eigenvalue weighted by atomic mass is 10.2. The van der Waals surface area contributed by atoms with Gasteiger partial charge < -0.3 is 4.52 Å². The largest absolute Gasteiger partial charge is 0.338 e. The third-order valence-corrected chi connectivity index (χ3v) is 5.43. The van der Waals surface area contributed by atoms with E-state index >= 15 is 0 Å². The SMILES string of the molecule is CN(Cc1nc(-c2ccccc2)no1)S(=O)(=O)c1ccc([N+](=O)[O-])cc1. The molecule has 0 bridgehead atoms. The normalized spacial score (nSPS) is 11.6. The number of sulfonamides is 1. The Morgan fingerprint density at radius 2 is 1.77 bits per heavy atom. The summed E-state index contributed by atoms with van der Waals surface area (Å²) < 4.78 is 31.3. The molecule has 10 heteroatoms. The van der Waals surface area contributed by atoms with E-state index in [1.165, 1.54) is 19.2 Å². The van der Waals surface area contributed by atoms with E-state index in [9.17, 15) is 18.5 Å². The van der Waals surface area contributed by atoms with Crippen molar-refractivity contribution in [3.8, 4) is 11.4 Å². The van der Waals surface area contributed by atoms with Gasteiger partial charge in [-0.2, -0.15) is 9.29 Å². The standard InChI is InChI=1S/C16H14N4O5S/c1-19(26(23,24)14-9-7-13(8-10-14)20(21)22)11-15-17-16(18-25-15)12-5-3-2-4-6-12/h2-10H,11H2,1H3. The molecule has 0 N–H and O–H groups in total. The van der Waals surface area contributed by atoms with Gasteiger partial charge in [0, 0.05) is 24.7 Å². The van der Waals surface area contributed by atoms with Gasteiger partial charge in [0.2, 0.25) is 21.7 Å². The number of non-ortho nitro benzene ring substituents is 1. The van der Waals surface area contributed by atoms with E-state index in [4.69, 9.17) is 4.52 Å². The van der Waals surface area contributed by atoms with Crippen LogP contribution in [0.2, 0.25) is 0 Å². The van der Waals surface area contributed by atoms with E-state index in [1.54, 1.807) is 0 Å². The van der Waals surface area contributed by atoms with Crippen molar-refractivity contribution in [2.45, 2.75) is 11.4 Å². The Morgan fingerprint density at radius 1 is 1.12 bits per heavy atom. The highest BCUT2D eigenvalue weighted by Crippen LogP contribution is 2.21. The molecule has 0 amide bonds. The van der Waals surface area contributed by atoms with Crippen LogP contribution in [0.4, 0.5) is 5.69 Å². The summed E-state index contributed by atoms with van der Waals surface area (Å²) in [6, 6.07) is 13.8. The fraction of sp³-hybridized carbons (Fsp3) is 0.125. The molecular formula is C16H14N4O5S. The number of hydrogen-bond donors (Lipinski definition) is 0. The van der Waals surface area contributed by atoms with Crippen LogP contribution in [0, 0.1) is 10.1 Å². The predicted molar refractivity (Wildman–Crippen MR) is 91.5 cm³/mol. The molecule has 0 fully saturated rings. The minimum Gasteiger partial charge on any atom is -0.338 e. The fourth-order valence-electron chi connectivity index (χ4n) is 2.22. The molecule has 1 aromatic heterocycles. The summed E-state index contributed by atoms with van der Waals surface area (Å²) >= 11 is 0. The van der Waals surface area contributed by atoms with E-state index in [-0.39, 0.29) is 23.0 Å². The maximum absolute atomic E-state index is 12.6. The highest BCUT2D eigenvalue weighted by Gasteiger charge is 2.24. The summed E-state index contributed by atoms with van der Waals surface area (Å²) in [5.41, 5.74) is 0.569. The van der Waals surface area contributed by atoms with E-state index in [2.05, 4.69) is 10.1 Å². The second-order valence-electron chi connectivity index (χ2n) is 5.39. The van der Waals surface area contributed by atoms with Crippen molar-refractivity contribution < 1.29 is 17.9 Å². The molecule has 0 spiro atoms. The quantitative estimate of drug-likeness (QED) is 0.480. The molecular weight excluding hydrogens is 360 g/mol. The highest BCUT2D eigenvalue weighted by atomic mass is 32.2. The molecule has 134 valence electrons. The molecule has 0 aliphatic heterocycles. The maximum Gasteiger partial charge on any atom is 0.269 e. The van der Waals surface area contributed by atoms with Crippen LogP contribution in [-0.2, 0) is 16.6 Å². The van der Waals surface area contributed by atoms with Crippen LogP contribution in [0.25, 0.3) is 11.4 Å². The average Bonchev–Trinajstić information content (AvgIpc) is 3.11. The maximum atomic E-state index is 12.6. The zero-order chi connectivity index (χ0) is 18.7. The first-order valence-electron chi connectivity index (χ1n) is 7.47. The molecule has 0 aliphatic carbocycles. The van der Waals surface area contributed by atoms with Gasteiger partial charge in [-0.15, -0.1) is 0 Å². The number of rotatable bonds is 6. The molecule has 0 saturated heterocycles. The van der Waals surface area contributed by atoms with Crippen LogP contribution < -0.4 is 0 Å². The van der Waals surface area contributed by atoms with Crippen LogP contribution in [0.3, 0.4) is 0 Å². The van der Waals surface area contributed by atoms with Gasteiger partial charge in [0.15, 0.2) is 0 Å². The smallest absolute Gasteiger partial charge is 0.269 e.